The van der Waals surface area contributed by atoms with Crippen LogP contribution in [0.15, 0.2) is 39.7 Å². The van der Waals surface area contributed by atoms with Crippen molar-refractivity contribution >= 4 is 11.8 Å². The summed E-state index contributed by atoms with van der Waals surface area (Å²) in [6, 6.07) is 6.56. The van der Waals surface area contributed by atoms with Gasteiger partial charge in [-0.3, -0.25) is 14.4 Å². The second kappa shape index (κ2) is 8.00. The van der Waals surface area contributed by atoms with Crippen LogP contribution in [-0.2, 0) is 9.59 Å². The molecule has 0 spiro atoms. The van der Waals surface area contributed by atoms with E-state index in [1.165, 1.54) is 10.7 Å². The van der Waals surface area contributed by atoms with Gasteiger partial charge in [0.05, 0.1) is 12.3 Å². The second-order valence-corrected chi connectivity index (χ2v) is 7.35. The van der Waals surface area contributed by atoms with E-state index in [9.17, 15) is 14.4 Å². The minimum Gasteiger partial charge on any atom is -0.463 e. The molecule has 4 heterocycles. The molecule has 148 valence electrons. The summed E-state index contributed by atoms with van der Waals surface area (Å²) in [6.07, 6.45) is 4.97. The van der Waals surface area contributed by atoms with Gasteiger partial charge in [0.1, 0.15) is 5.69 Å². The summed E-state index contributed by atoms with van der Waals surface area (Å²) in [7, 11) is 0. The summed E-state index contributed by atoms with van der Waals surface area (Å²) in [5.41, 5.74) is 0.415. The molecule has 1 atom stereocenters. The number of furan rings is 1. The Morgan fingerprint density at radius 1 is 1.18 bits per heavy atom. The molecule has 0 unspecified atom stereocenters. The first kappa shape index (κ1) is 18.5. The Bertz CT molecular complexity index is 905. The van der Waals surface area contributed by atoms with Crippen LogP contribution in [0.3, 0.4) is 0 Å². The van der Waals surface area contributed by atoms with Crippen LogP contribution in [-0.4, -0.2) is 57.6 Å². The zero-order valence-electron chi connectivity index (χ0n) is 15.7. The SMILES string of the molecule is O=C1CCCN1CCC(=O)N1CCC[C@@H](n2nc(-c3ccco3)ccc2=O)C1. The molecule has 2 fully saturated rings. The van der Waals surface area contributed by atoms with E-state index in [0.29, 0.717) is 43.9 Å². The molecule has 8 nitrogen and oxygen atoms in total. The second-order valence-electron chi connectivity index (χ2n) is 7.35. The fourth-order valence-corrected chi connectivity index (χ4v) is 3.95. The van der Waals surface area contributed by atoms with E-state index in [2.05, 4.69) is 5.10 Å². The van der Waals surface area contributed by atoms with E-state index in [1.807, 2.05) is 0 Å². The predicted molar refractivity (Wildman–Crippen MR) is 101 cm³/mol. The summed E-state index contributed by atoms with van der Waals surface area (Å²) < 4.78 is 6.85. The Hall–Kier alpha value is -2.90. The third-order valence-electron chi connectivity index (χ3n) is 5.46. The van der Waals surface area contributed by atoms with Gasteiger partial charge in [-0.1, -0.05) is 0 Å². The first-order valence-corrected chi connectivity index (χ1v) is 9.81. The van der Waals surface area contributed by atoms with Crippen LogP contribution in [0, 0.1) is 0 Å². The molecule has 2 aromatic rings. The van der Waals surface area contributed by atoms with Gasteiger partial charge in [-0.25, -0.2) is 4.68 Å². The molecule has 2 aliphatic heterocycles. The van der Waals surface area contributed by atoms with Crippen LogP contribution in [0.5, 0.6) is 0 Å². The quantitative estimate of drug-likeness (QED) is 0.783. The van der Waals surface area contributed by atoms with E-state index in [-0.39, 0.29) is 23.4 Å². The Kier molecular flexibility index (Phi) is 5.27. The maximum atomic E-state index is 12.6. The van der Waals surface area contributed by atoms with Crippen molar-refractivity contribution in [3.63, 3.8) is 0 Å². The lowest BCUT2D eigenvalue weighted by Crippen LogP contribution is -2.44. The number of hydrogen-bond acceptors (Lipinski definition) is 5. The monoisotopic (exact) mass is 384 g/mol. The highest BCUT2D eigenvalue weighted by Gasteiger charge is 2.27. The van der Waals surface area contributed by atoms with Crippen molar-refractivity contribution in [1.82, 2.24) is 19.6 Å². The van der Waals surface area contributed by atoms with Crippen LogP contribution < -0.4 is 5.56 Å². The maximum absolute atomic E-state index is 12.6. The third kappa shape index (κ3) is 3.85. The molecule has 0 aliphatic carbocycles. The summed E-state index contributed by atoms with van der Waals surface area (Å²) in [5.74, 6) is 0.766. The van der Waals surface area contributed by atoms with E-state index < -0.39 is 0 Å². The van der Waals surface area contributed by atoms with Gasteiger partial charge in [0.2, 0.25) is 11.8 Å². The standard InChI is InChI=1S/C20H24N4O4/c25-18-6-2-10-22(18)12-9-19(26)23-11-1-4-15(14-23)24-20(27)8-7-16(21-24)17-5-3-13-28-17/h3,5,7-8,13,15H,1-2,4,6,9-12,14H2/t15-/m1/s1. The lowest BCUT2D eigenvalue weighted by atomic mass is 10.1. The number of hydrogen-bond donors (Lipinski definition) is 0. The molecule has 4 rings (SSSR count). The van der Waals surface area contributed by atoms with Crippen molar-refractivity contribution < 1.29 is 14.0 Å². The molecule has 8 heteroatoms. The van der Waals surface area contributed by atoms with Crippen LogP contribution in [0.2, 0.25) is 0 Å². The van der Waals surface area contributed by atoms with Gasteiger partial charge >= 0.3 is 0 Å². The van der Waals surface area contributed by atoms with E-state index in [0.717, 1.165) is 25.8 Å². The number of nitrogens with zero attached hydrogens (tertiary/aromatic N) is 4. The first-order chi connectivity index (χ1) is 13.6. The zero-order chi connectivity index (χ0) is 19.5. The summed E-state index contributed by atoms with van der Waals surface area (Å²) in [4.78, 5) is 40.3. The van der Waals surface area contributed by atoms with Crippen molar-refractivity contribution in [2.45, 2.75) is 38.1 Å². The molecule has 2 aliphatic rings. The predicted octanol–water partition coefficient (Wildman–Crippen LogP) is 1.68. The van der Waals surface area contributed by atoms with Crippen LogP contribution >= 0.6 is 0 Å². The molecule has 0 saturated carbocycles. The number of carbonyl (C=O) groups excluding carboxylic acids is 2. The molecule has 0 radical (unpaired) electrons. The minimum absolute atomic E-state index is 0.0274. The average Bonchev–Trinajstić information content (AvgIpc) is 3.38. The summed E-state index contributed by atoms with van der Waals surface area (Å²) in [5, 5.41) is 4.47. The molecule has 2 aromatic heterocycles. The average molecular weight is 384 g/mol. The molecular weight excluding hydrogens is 360 g/mol. The van der Waals surface area contributed by atoms with Crippen molar-refractivity contribution in [3.05, 3.63) is 40.9 Å². The Balaban J connectivity index is 1.43. The van der Waals surface area contributed by atoms with Crippen molar-refractivity contribution in [1.29, 1.82) is 0 Å². The molecular formula is C20H24N4O4. The van der Waals surface area contributed by atoms with Gasteiger partial charge < -0.3 is 14.2 Å². The number of piperidine rings is 1. The highest BCUT2D eigenvalue weighted by Crippen LogP contribution is 2.22. The Morgan fingerprint density at radius 3 is 2.82 bits per heavy atom. The fraction of sp³-hybridized carbons (Fsp3) is 0.500. The molecule has 2 amide bonds. The number of aromatic nitrogens is 2. The van der Waals surface area contributed by atoms with Crippen LogP contribution in [0.25, 0.3) is 11.5 Å². The highest BCUT2D eigenvalue weighted by molar-refractivity contribution is 5.80. The molecule has 2 saturated heterocycles. The fourth-order valence-electron chi connectivity index (χ4n) is 3.95. The summed E-state index contributed by atoms with van der Waals surface area (Å²) in [6.45, 7) is 2.36. The topological polar surface area (TPSA) is 88.7 Å². The Morgan fingerprint density at radius 2 is 2.07 bits per heavy atom. The maximum Gasteiger partial charge on any atom is 0.267 e. The van der Waals surface area contributed by atoms with Crippen molar-refractivity contribution in [3.8, 4) is 11.5 Å². The van der Waals surface area contributed by atoms with Gasteiger partial charge in [-0.2, -0.15) is 5.10 Å². The lowest BCUT2D eigenvalue weighted by molar-refractivity contribution is -0.134. The lowest BCUT2D eigenvalue weighted by Gasteiger charge is -2.33. The smallest absolute Gasteiger partial charge is 0.267 e. The first-order valence-electron chi connectivity index (χ1n) is 9.81. The number of likely N-dealkylation sites (tertiary alicyclic amines) is 2. The van der Waals surface area contributed by atoms with Gasteiger partial charge in [-0.15, -0.1) is 0 Å². The van der Waals surface area contributed by atoms with E-state index in [4.69, 9.17) is 4.42 Å². The van der Waals surface area contributed by atoms with Gasteiger partial charge in [-0.05, 0) is 37.5 Å². The van der Waals surface area contributed by atoms with Crippen molar-refractivity contribution in [2.24, 2.45) is 0 Å². The van der Waals surface area contributed by atoms with E-state index >= 15 is 0 Å². The number of carbonyl (C=O) groups is 2. The minimum atomic E-state index is -0.183. The third-order valence-corrected chi connectivity index (χ3v) is 5.46. The van der Waals surface area contributed by atoms with Gasteiger partial charge in [0.25, 0.3) is 5.56 Å². The molecule has 0 aromatic carbocycles. The van der Waals surface area contributed by atoms with E-state index in [1.54, 1.807) is 34.3 Å². The van der Waals surface area contributed by atoms with Gasteiger partial charge in [0, 0.05) is 45.1 Å². The molecule has 28 heavy (non-hydrogen) atoms. The Labute approximate surface area is 162 Å². The van der Waals surface area contributed by atoms with Crippen molar-refractivity contribution in [2.75, 3.05) is 26.2 Å². The van der Waals surface area contributed by atoms with Crippen LogP contribution in [0.1, 0.15) is 38.1 Å². The highest BCUT2D eigenvalue weighted by atomic mass is 16.3. The van der Waals surface area contributed by atoms with Gasteiger partial charge in [0.15, 0.2) is 5.76 Å². The largest absolute Gasteiger partial charge is 0.463 e. The van der Waals surface area contributed by atoms with Crippen LogP contribution in [0.4, 0.5) is 0 Å². The number of rotatable bonds is 5. The normalized spacial score (nSPS) is 20.0. The molecule has 0 bridgehead atoms. The summed E-state index contributed by atoms with van der Waals surface area (Å²) >= 11 is 0. The molecule has 0 N–H and O–H groups in total. The number of amides is 2. The zero-order valence-corrected chi connectivity index (χ0v) is 15.7.